The second kappa shape index (κ2) is 10.5. The molecule has 30 heavy (non-hydrogen) atoms. The van der Waals surface area contributed by atoms with Crippen molar-refractivity contribution in [1.29, 1.82) is 0 Å². The number of carbonyl (C=O) groups is 2. The lowest BCUT2D eigenvalue weighted by atomic mass is 10.1. The molecule has 3 aromatic rings. The Bertz CT molecular complexity index is 1050. The summed E-state index contributed by atoms with van der Waals surface area (Å²) < 4.78 is 18.5. The molecule has 0 radical (unpaired) electrons. The molecule has 0 aliphatic rings. The van der Waals surface area contributed by atoms with Crippen molar-refractivity contribution in [2.24, 2.45) is 10.9 Å². The van der Waals surface area contributed by atoms with E-state index in [2.05, 4.69) is 5.18 Å². The molecule has 0 atom stereocenters. The molecule has 8 heteroatoms. The number of ether oxygens (including phenoxy) is 1. The zero-order valence-corrected chi connectivity index (χ0v) is 16.0. The third-order valence-electron chi connectivity index (χ3n) is 3.88. The fourth-order valence-electron chi connectivity index (χ4n) is 2.39. The van der Waals surface area contributed by atoms with E-state index in [0.717, 1.165) is 5.56 Å². The van der Waals surface area contributed by atoms with Crippen LogP contribution in [0.5, 0.6) is 11.5 Å². The highest BCUT2D eigenvalue weighted by molar-refractivity contribution is 5.96. The van der Waals surface area contributed by atoms with E-state index in [-0.39, 0.29) is 23.6 Å². The summed E-state index contributed by atoms with van der Waals surface area (Å²) in [7, 11) is 0. The highest BCUT2D eigenvalue weighted by Gasteiger charge is 2.12. The highest BCUT2D eigenvalue weighted by atomic mass is 19.1. The number of hydrogen-bond donors (Lipinski definition) is 2. The molecular formula is C22H19FN2O5. The van der Waals surface area contributed by atoms with Gasteiger partial charge in [-0.2, -0.15) is 4.91 Å². The molecule has 3 aromatic carbocycles. The van der Waals surface area contributed by atoms with Gasteiger partial charge < -0.3 is 15.6 Å². The van der Waals surface area contributed by atoms with E-state index in [1.165, 1.54) is 30.3 Å². The maximum absolute atomic E-state index is 13.1. The minimum Gasteiger partial charge on any atom is -0.478 e. The second-order valence-corrected chi connectivity index (χ2v) is 6.21. The lowest BCUT2D eigenvalue weighted by Gasteiger charge is -2.10. The van der Waals surface area contributed by atoms with E-state index in [1.807, 2.05) is 6.92 Å². The van der Waals surface area contributed by atoms with Gasteiger partial charge in [0, 0.05) is 6.07 Å². The highest BCUT2D eigenvalue weighted by Crippen LogP contribution is 2.26. The van der Waals surface area contributed by atoms with Gasteiger partial charge in [-0.05, 0) is 48.9 Å². The minimum absolute atomic E-state index is 0.0689. The van der Waals surface area contributed by atoms with Crippen LogP contribution >= 0.6 is 0 Å². The van der Waals surface area contributed by atoms with Crippen LogP contribution in [0.15, 0.2) is 71.9 Å². The van der Waals surface area contributed by atoms with Crippen LogP contribution < -0.4 is 10.5 Å². The third-order valence-corrected chi connectivity index (χ3v) is 3.88. The number of amides is 1. The lowest BCUT2D eigenvalue weighted by Crippen LogP contribution is -2.12. The maximum atomic E-state index is 13.1. The molecule has 0 unspecified atom stereocenters. The first-order valence-corrected chi connectivity index (χ1v) is 8.75. The zero-order valence-electron chi connectivity index (χ0n) is 16.0. The average Bonchev–Trinajstić information content (AvgIpc) is 2.70. The first-order chi connectivity index (χ1) is 14.3. The van der Waals surface area contributed by atoms with Crippen molar-refractivity contribution in [3.63, 3.8) is 0 Å². The first-order valence-electron chi connectivity index (χ1n) is 8.75. The molecule has 0 spiro atoms. The normalized spacial score (nSPS) is 9.80. The summed E-state index contributed by atoms with van der Waals surface area (Å²) in [5.74, 6) is -1.60. The van der Waals surface area contributed by atoms with E-state index in [4.69, 9.17) is 15.6 Å². The average molecular weight is 410 g/mol. The molecule has 1 amide bonds. The van der Waals surface area contributed by atoms with Crippen LogP contribution in [0.4, 0.5) is 4.39 Å². The fourth-order valence-corrected chi connectivity index (χ4v) is 2.39. The predicted molar refractivity (Wildman–Crippen MR) is 109 cm³/mol. The smallest absolute Gasteiger partial charge is 0.335 e. The number of carboxylic acids is 1. The molecule has 7 nitrogen and oxygen atoms in total. The van der Waals surface area contributed by atoms with Crippen molar-refractivity contribution >= 4 is 11.9 Å². The van der Waals surface area contributed by atoms with Gasteiger partial charge in [-0.3, -0.25) is 4.79 Å². The van der Waals surface area contributed by atoms with Crippen molar-refractivity contribution in [3.8, 4) is 11.5 Å². The molecule has 0 aliphatic carbocycles. The van der Waals surface area contributed by atoms with Gasteiger partial charge in [0.2, 0.25) is 0 Å². The van der Waals surface area contributed by atoms with Gasteiger partial charge in [-0.15, -0.1) is 0 Å². The number of rotatable bonds is 6. The first kappa shape index (κ1) is 22.2. The summed E-state index contributed by atoms with van der Waals surface area (Å²) >= 11 is 0. The topological polar surface area (TPSA) is 119 Å². The molecule has 3 N–H and O–H groups in total. The van der Waals surface area contributed by atoms with Crippen LogP contribution in [0.25, 0.3) is 0 Å². The van der Waals surface area contributed by atoms with Crippen LogP contribution in [0, 0.1) is 17.6 Å². The monoisotopic (exact) mass is 410 g/mol. The number of aryl methyl sites for hydroxylation is 1. The van der Waals surface area contributed by atoms with Crippen LogP contribution in [0.2, 0.25) is 0 Å². The number of nitrogens with two attached hydrogens (primary N) is 1. The summed E-state index contributed by atoms with van der Waals surface area (Å²) in [6.07, 6.45) is 0. The number of halogens is 1. The van der Waals surface area contributed by atoms with Crippen molar-refractivity contribution in [1.82, 2.24) is 0 Å². The third kappa shape index (κ3) is 6.52. The molecule has 0 heterocycles. The quantitative estimate of drug-likeness (QED) is 0.572. The Kier molecular flexibility index (Phi) is 7.75. The van der Waals surface area contributed by atoms with Crippen molar-refractivity contribution in [2.45, 2.75) is 13.5 Å². The number of nitrogens with zero attached hydrogens (tertiary/aromatic N) is 1. The molecule has 154 valence electrons. The van der Waals surface area contributed by atoms with Crippen LogP contribution in [0.3, 0.4) is 0 Å². The molecule has 0 saturated heterocycles. The van der Waals surface area contributed by atoms with Crippen molar-refractivity contribution < 1.29 is 23.8 Å². The number of carbonyl (C=O) groups excluding carboxylic acids is 1. The Morgan fingerprint density at radius 3 is 2.33 bits per heavy atom. The standard InChI is InChI=1S/C14H11FN2O3.C8H8O2/c15-10-2-1-3-11(7-10)20-13-5-4-9(8-17-19)6-12(13)14(16)18;1-6-2-4-7(5-3-6)8(9)10/h1-7H,8H2,(H2,16,18);2-5H,1H3,(H,9,10). The maximum Gasteiger partial charge on any atom is 0.335 e. The molecule has 0 fully saturated rings. The van der Waals surface area contributed by atoms with Gasteiger partial charge in [0.05, 0.1) is 11.1 Å². The summed E-state index contributed by atoms with van der Waals surface area (Å²) in [5.41, 5.74) is 7.32. The summed E-state index contributed by atoms with van der Waals surface area (Å²) in [5, 5.41) is 11.2. The van der Waals surface area contributed by atoms with Crippen LogP contribution in [0.1, 0.15) is 31.8 Å². The number of primary amides is 1. The Labute approximate surface area is 171 Å². The summed E-state index contributed by atoms with van der Waals surface area (Å²) in [6.45, 7) is 1.85. The summed E-state index contributed by atoms with van der Waals surface area (Å²) in [4.78, 5) is 31.9. The number of benzene rings is 3. The molecule has 0 saturated carbocycles. The SMILES string of the molecule is Cc1ccc(C(=O)O)cc1.NC(=O)c1cc(CN=O)ccc1Oc1cccc(F)c1. The Balaban J connectivity index is 0.000000269. The second-order valence-electron chi connectivity index (χ2n) is 6.21. The minimum atomic E-state index is -0.875. The molecule has 0 aliphatic heterocycles. The number of carboxylic acid groups (broad SMARTS) is 1. The van der Waals surface area contributed by atoms with E-state index >= 15 is 0 Å². The van der Waals surface area contributed by atoms with Crippen molar-refractivity contribution in [2.75, 3.05) is 0 Å². The van der Waals surface area contributed by atoms with Gasteiger partial charge in [-0.25, -0.2) is 9.18 Å². The predicted octanol–water partition coefficient (Wildman–Crippen LogP) is 4.68. The molecule has 3 rings (SSSR count). The Morgan fingerprint density at radius 2 is 1.77 bits per heavy atom. The van der Waals surface area contributed by atoms with E-state index in [9.17, 15) is 18.9 Å². The number of aromatic carboxylic acids is 1. The van der Waals surface area contributed by atoms with Gasteiger partial charge in [-0.1, -0.05) is 35.0 Å². The van der Waals surface area contributed by atoms with E-state index in [0.29, 0.717) is 11.1 Å². The molecule has 0 bridgehead atoms. The summed E-state index contributed by atoms with van der Waals surface area (Å²) in [6, 6.07) is 16.8. The molecule has 0 aromatic heterocycles. The van der Waals surface area contributed by atoms with Gasteiger partial charge in [0.25, 0.3) is 5.91 Å². The van der Waals surface area contributed by atoms with Gasteiger partial charge in [0.15, 0.2) is 0 Å². The number of hydrogen-bond acceptors (Lipinski definition) is 5. The van der Waals surface area contributed by atoms with Crippen LogP contribution in [-0.2, 0) is 6.54 Å². The zero-order chi connectivity index (χ0) is 22.1. The van der Waals surface area contributed by atoms with Crippen LogP contribution in [-0.4, -0.2) is 17.0 Å². The van der Waals surface area contributed by atoms with E-state index in [1.54, 1.807) is 36.4 Å². The number of nitroso groups, excluding NO2 is 1. The molecular weight excluding hydrogens is 391 g/mol. The van der Waals surface area contributed by atoms with E-state index < -0.39 is 17.7 Å². The Hall–Kier alpha value is -4.07. The lowest BCUT2D eigenvalue weighted by molar-refractivity contribution is 0.0696. The van der Waals surface area contributed by atoms with Crippen molar-refractivity contribution in [3.05, 3.63) is 99.7 Å². The Morgan fingerprint density at radius 1 is 1.07 bits per heavy atom. The van der Waals surface area contributed by atoms with Gasteiger partial charge >= 0.3 is 5.97 Å². The largest absolute Gasteiger partial charge is 0.478 e. The fraction of sp³-hybridized carbons (Fsp3) is 0.0909. The van der Waals surface area contributed by atoms with Gasteiger partial charge in [0.1, 0.15) is 23.9 Å².